The number of carbonyl (C=O) groups is 7. The maximum Gasteiger partial charge on any atom is 0.245 e. The van der Waals surface area contributed by atoms with Crippen molar-refractivity contribution in [3.8, 4) is 0 Å². The van der Waals surface area contributed by atoms with Crippen LogP contribution in [0.4, 0.5) is 0 Å². The van der Waals surface area contributed by atoms with E-state index in [-0.39, 0.29) is 25.8 Å². The number of hydrogen-bond donors (Lipinski definition) is 6. The number of pyridine rings is 1. The van der Waals surface area contributed by atoms with Crippen molar-refractivity contribution in [3.63, 3.8) is 0 Å². The van der Waals surface area contributed by atoms with Gasteiger partial charge in [0.25, 0.3) is 0 Å². The first-order valence-electron chi connectivity index (χ1n) is 19.4. The van der Waals surface area contributed by atoms with Gasteiger partial charge in [-0.05, 0) is 72.9 Å². The minimum absolute atomic E-state index is 0.00287. The van der Waals surface area contributed by atoms with E-state index in [0.717, 1.165) is 16.3 Å². The third-order valence-electron chi connectivity index (χ3n) is 10.1. The smallest absolute Gasteiger partial charge is 0.245 e. The summed E-state index contributed by atoms with van der Waals surface area (Å²) in [7, 11) is 0. The van der Waals surface area contributed by atoms with Gasteiger partial charge in [0, 0.05) is 49.6 Å². The molecule has 310 valence electrons. The molecule has 0 unspecified atom stereocenters. The molecule has 0 radical (unpaired) electrons. The number of aromatic nitrogens is 1. The lowest BCUT2D eigenvalue weighted by molar-refractivity contribution is -0.142. The molecule has 1 saturated heterocycles. The molecule has 2 heterocycles. The number of nitrogens with zero attached hydrogens (tertiary/aromatic N) is 2. The second-order valence-corrected chi connectivity index (χ2v) is 15.1. The summed E-state index contributed by atoms with van der Waals surface area (Å²) in [6, 6.07) is 18.8. The Hall–Kier alpha value is -6.35. The average molecular weight is 825 g/mol. The highest BCUT2D eigenvalue weighted by Crippen LogP contribution is 2.20. The molecule has 6 atom stereocenters. The van der Waals surface area contributed by atoms with Crippen LogP contribution in [0.2, 0.25) is 5.02 Å². The van der Waals surface area contributed by atoms with Crippen LogP contribution in [0, 0.1) is 0 Å². The molecule has 1 fully saturated rings. The lowest BCUT2D eigenvalue weighted by Crippen LogP contribution is -2.59. The minimum Gasteiger partial charge on any atom is -0.368 e. The van der Waals surface area contributed by atoms with Crippen molar-refractivity contribution in [1.29, 1.82) is 0 Å². The SMILES string of the molecule is CC(=O)N[C@H](Cc1ccc2ccccc2c1)C(=O)N[C@H](Cc1ccc(Cl)cc1)C(=O)N[C@H](Cc1ccccn1)C(=O)N[C@H](C)C(=O)N1CCC[C@H]1C(=O)N[C@H](C)C(N)=O. The van der Waals surface area contributed by atoms with Crippen LogP contribution in [-0.4, -0.2) is 94.0 Å². The summed E-state index contributed by atoms with van der Waals surface area (Å²) in [6.07, 6.45) is 2.48. The molecule has 4 aromatic rings. The lowest BCUT2D eigenvalue weighted by Gasteiger charge is -2.29. The van der Waals surface area contributed by atoms with Crippen LogP contribution in [0.15, 0.2) is 91.1 Å². The standard InChI is InChI=1S/C43H49ClN8O7/c1-25(38(45)54)47-42(58)37-12-8-20-52(37)43(59)26(2)48-39(55)36(24-33-11-6-7-19-46-33)51-41(57)35(22-28-14-17-32(44)18-15-28)50-40(56)34(49-27(3)53)23-29-13-16-30-9-4-5-10-31(30)21-29/h4-7,9-11,13-19,21,25-26,34-37H,8,12,20,22-24H2,1-3H3,(H2,45,54)(H,47,58)(H,48,55)(H,49,53)(H,50,56)(H,51,57)/t25-,26-,34-,35-,36-,37+/m1/s1. The number of rotatable bonds is 17. The van der Waals surface area contributed by atoms with Crippen LogP contribution in [-0.2, 0) is 52.8 Å². The summed E-state index contributed by atoms with van der Waals surface area (Å²) in [4.78, 5) is 98.5. The first kappa shape index (κ1) is 43.8. The minimum atomic E-state index is -1.27. The average Bonchev–Trinajstić information content (AvgIpc) is 3.71. The lowest BCUT2D eigenvalue weighted by atomic mass is 9.99. The molecule has 59 heavy (non-hydrogen) atoms. The predicted octanol–water partition coefficient (Wildman–Crippen LogP) is 1.88. The van der Waals surface area contributed by atoms with Gasteiger partial charge in [-0.2, -0.15) is 0 Å². The fourth-order valence-corrected chi connectivity index (χ4v) is 7.04. The van der Waals surface area contributed by atoms with Crippen LogP contribution in [0.3, 0.4) is 0 Å². The van der Waals surface area contributed by atoms with Gasteiger partial charge in [-0.1, -0.05) is 72.3 Å². The van der Waals surface area contributed by atoms with Gasteiger partial charge in [-0.15, -0.1) is 0 Å². The van der Waals surface area contributed by atoms with E-state index in [9.17, 15) is 33.6 Å². The Bertz CT molecular complexity index is 2170. The number of nitrogens with one attached hydrogen (secondary N) is 5. The number of amides is 7. The molecule has 0 bridgehead atoms. The maximum absolute atomic E-state index is 14.3. The normalized spacial score (nSPS) is 16.1. The number of nitrogens with two attached hydrogens (primary N) is 1. The molecule has 0 saturated carbocycles. The van der Waals surface area contributed by atoms with E-state index in [1.54, 1.807) is 42.5 Å². The molecule has 5 rings (SSSR count). The molecule has 1 aliphatic rings. The van der Waals surface area contributed by atoms with E-state index in [1.807, 2.05) is 42.5 Å². The van der Waals surface area contributed by atoms with E-state index in [0.29, 0.717) is 29.1 Å². The molecule has 3 aromatic carbocycles. The molecule has 7 N–H and O–H groups in total. The fraction of sp³-hybridized carbons (Fsp3) is 0.349. The summed E-state index contributed by atoms with van der Waals surface area (Å²) in [5.74, 6) is -4.28. The van der Waals surface area contributed by atoms with Gasteiger partial charge in [0.05, 0.1) is 0 Å². The van der Waals surface area contributed by atoms with E-state index in [2.05, 4.69) is 31.6 Å². The van der Waals surface area contributed by atoms with Crippen molar-refractivity contribution in [2.45, 2.75) is 89.1 Å². The Morgan fingerprint density at radius 3 is 1.95 bits per heavy atom. The zero-order valence-electron chi connectivity index (χ0n) is 33.1. The summed E-state index contributed by atoms with van der Waals surface area (Å²) >= 11 is 6.14. The van der Waals surface area contributed by atoms with Crippen LogP contribution in [0.1, 0.15) is 50.4 Å². The van der Waals surface area contributed by atoms with Crippen LogP contribution >= 0.6 is 11.6 Å². The highest BCUT2D eigenvalue weighted by Gasteiger charge is 2.38. The Kier molecular flexibility index (Phi) is 15.1. The Labute approximate surface area is 347 Å². The topological polar surface area (TPSA) is 222 Å². The van der Waals surface area contributed by atoms with Crippen LogP contribution < -0.4 is 32.3 Å². The highest BCUT2D eigenvalue weighted by molar-refractivity contribution is 6.30. The Morgan fingerprint density at radius 1 is 0.712 bits per heavy atom. The summed E-state index contributed by atoms with van der Waals surface area (Å²) in [6.45, 7) is 4.47. The zero-order chi connectivity index (χ0) is 42.6. The molecular formula is C43H49ClN8O7. The molecule has 7 amide bonds. The molecule has 0 aliphatic carbocycles. The van der Waals surface area contributed by atoms with E-state index < -0.39 is 77.6 Å². The molecule has 1 aromatic heterocycles. The number of carbonyl (C=O) groups excluding carboxylic acids is 7. The van der Waals surface area contributed by atoms with Gasteiger partial charge < -0.3 is 37.2 Å². The number of fused-ring (bicyclic) bond motifs is 1. The second-order valence-electron chi connectivity index (χ2n) is 14.7. The van der Waals surface area contributed by atoms with Gasteiger partial charge in [-0.3, -0.25) is 38.5 Å². The number of likely N-dealkylation sites (tertiary alicyclic amines) is 1. The Balaban J connectivity index is 1.36. The third-order valence-corrected chi connectivity index (χ3v) is 10.3. The van der Waals surface area contributed by atoms with Gasteiger partial charge in [0.2, 0.25) is 41.4 Å². The van der Waals surface area contributed by atoms with Gasteiger partial charge >= 0.3 is 0 Å². The van der Waals surface area contributed by atoms with Crippen molar-refractivity contribution in [1.82, 2.24) is 36.5 Å². The number of hydrogen-bond acceptors (Lipinski definition) is 8. The summed E-state index contributed by atoms with van der Waals surface area (Å²) in [5.41, 5.74) is 7.20. The molecule has 1 aliphatic heterocycles. The van der Waals surface area contributed by atoms with Crippen molar-refractivity contribution in [3.05, 3.63) is 113 Å². The molecular weight excluding hydrogens is 776 g/mol. The van der Waals surface area contributed by atoms with E-state index in [1.165, 1.54) is 31.9 Å². The van der Waals surface area contributed by atoms with E-state index >= 15 is 0 Å². The molecule has 16 heteroatoms. The molecule has 15 nitrogen and oxygen atoms in total. The van der Waals surface area contributed by atoms with Gasteiger partial charge in [-0.25, -0.2) is 0 Å². The first-order chi connectivity index (χ1) is 28.2. The third kappa shape index (κ3) is 12.3. The monoisotopic (exact) mass is 824 g/mol. The summed E-state index contributed by atoms with van der Waals surface area (Å²) in [5, 5.41) is 15.9. The van der Waals surface area contributed by atoms with Gasteiger partial charge in [0.1, 0.15) is 36.3 Å². The largest absolute Gasteiger partial charge is 0.368 e. The fourth-order valence-electron chi connectivity index (χ4n) is 6.91. The number of halogens is 1. The van der Waals surface area contributed by atoms with Crippen molar-refractivity contribution < 1.29 is 33.6 Å². The maximum atomic E-state index is 14.3. The van der Waals surface area contributed by atoms with Crippen molar-refractivity contribution in [2.75, 3.05) is 6.54 Å². The quantitative estimate of drug-likeness (QED) is 0.0921. The van der Waals surface area contributed by atoms with E-state index in [4.69, 9.17) is 17.3 Å². The van der Waals surface area contributed by atoms with Crippen LogP contribution in [0.5, 0.6) is 0 Å². The molecule has 0 spiro atoms. The van der Waals surface area contributed by atoms with Crippen molar-refractivity contribution in [2.24, 2.45) is 5.73 Å². The number of primary amides is 1. The number of benzene rings is 3. The van der Waals surface area contributed by atoms with Crippen LogP contribution in [0.25, 0.3) is 10.8 Å². The summed E-state index contributed by atoms with van der Waals surface area (Å²) < 4.78 is 0. The first-order valence-corrected chi connectivity index (χ1v) is 19.8. The predicted molar refractivity (Wildman–Crippen MR) is 221 cm³/mol. The highest BCUT2D eigenvalue weighted by atomic mass is 35.5. The van der Waals surface area contributed by atoms with Gasteiger partial charge in [0.15, 0.2) is 0 Å². The zero-order valence-corrected chi connectivity index (χ0v) is 33.8. The Morgan fingerprint density at radius 2 is 1.31 bits per heavy atom. The van der Waals surface area contributed by atoms with Crippen molar-refractivity contribution >= 4 is 63.7 Å². The second kappa shape index (κ2) is 20.4.